The number of carboxylic acid groups (broad SMARTS) is 1. The van der Waals surface area contributed by atoms with Crippen LogP contribution in [0.4, 0.5) is 0 Å². The summed E-state index contributed by atoms with van der Waals surface area (Å²) in [6.45, 7) is 4.20. The van der Waals surface area contributed by atoms with E-state index in [9.17, 15) is 14.4 Å². The standard InChI is InChI=1S/C10H17NO5/c1-6(16-8(3)13)9(11-7(2)12)4-5-10(14)15/h6,9H,4-5H2,1-3H3,(H,11,12)(H,14,15)/t6-,9+/m0/s1. The lowest BCUT2D eigenvalue weighted by Gasteiger charge is -2.23. The molecule has 0 radical (unpaired) electrons. The predicted molar refractivity (Wildman–Crippen MR) is 55.7 cm³/mol. The van der Waals surface area contributed by atoms with E-state index < -0.39 is 24.1 Å². The zero-order valence-electron chi connectivity index (χ0n) is 9.65. The molecular formula is C10H17NO5. The highest BCUT2D eigenvalue weighted by atomic mass is 16.5. The number of hydrogen-bond acceptors (Lipinski definition) is 4. The number of amides is 1. The molecule has 0 aliphatic heterocycles. The van der Waals surface area contributed by atoms with Gasteiger partial charge in [0.25, 0.3) is 0 Å². The van der Waals surface area contributed by atoms with E-state index in [2.05, 4.69) is 5.32 Å². The third kappa shape index (κ3) is 6.80. The number of rotatable bonds is 6. The first-order valence-corrected chi connectivity index (χ1v) is 4.99. The molecule has 16 heavy (non-hydrogen) atoms. The van der Waals surface area contributed by atoms with Crippen LogP contribution >= 0.6 is 0 Å². The molecule has 0 bridgehead atoms. The minimum Gasteiger partial charge on any atom is -0.481 e. The van der Waals surface area contributed by atoms with Gasteiger partial charge in [0.15, 0.2) is 0 Å². The van der Waals surface area contributed by atoms with Gasteiger partial charge < -0.3 is 15.2 Å². The van der Waals surface area contributed by atoms with Crippen molar-refractivity contribution in [3.8, 4) is 0 Å². The van der Waals surface area contributed by atoms with E-state index in [-0.39, 0.29) is 18.7 Å². The first kappa shape index (κ1) is 14.4. The summed E-state index contributed by atoms with van der Waals surface area (Å²) >= 11 is 0. The van der Waals surface area contributed by atoms with Crippen LogP contribution in [0.1, 0.15) is 33.6 Å². The predicted octanol–water partition coefficient (Wildman–Crippen LogP) is 0.307. The fraction of sp³-hybridized carbons (Fsp3) is 0.700. The SMILES string of the molecule is CC(=O)N[C@H](CCC(=O)O)[C@H](C)OC(C)=O. The number of aliphatic carboxylic acids is 1. The van der Waals surface area contributed by atoms with Crippen LogP contribution in [0.5, 0.6) is 0 Å². The second-order valence-corrected chi connectivity index (χ2v) is 3.55. The van der Waals surface area contributed by atoms with Crippen molar-refractivity contribution in [1.29, 1.82) is 0 Å². The Labute approximate surface area is 94.0 Å². The fourth-order valence-electron chi connectivity index (χ4n) is 1.31. The third-order valence-corrected chi connectivity index (χ3v) is 1.98. The van der Waals surface area contributed by atoms with Gasteiger partial charge in [-0.15, -0.1) is 0 Å². The first-order valence-electron chi connectivity index (χ1n) is 4.99. The Morgan fingerprint density at radius 2 is 1.88 bits per heavy atom. The molecule has 0 unspecified atom stereocenters. The minimum atomic E-state index is -0.953. The van der Waals surface area contributed by atoms with Gasteiger partial charge in [0.1, 0.15) is 6.10 Å². The Kier molecular flexibility index (Phi) is 6.14. The van der Waals surface area contributed by atoms with Gasteiger partial charge in [-0.2, -0.15) is 0 Å². The molecule has 0 spiro atoms. The summed E-state index contributed by atoms with van der Waals surface area (Å²) in [5, 5.41) is 11.1. The number of carbonyl (C=O) groups is 3. The molecule has 0 saturated carbocycles. The average Bonchev–Trinajstić information content (AvgIpc) is 2.09. The number of esters is 1. The van der Waals surface area contributed by atoms with Crippen molar-refractivity contribution in [2.75, 3.05) is 0 Å². The smallest absolute Gasteiger partial charge is 0.303 e. The van der Waals surface area contributed by atoms with E-state index in [4.69, 9.17) is 9.84 Å². The quantitative estimate of drug-likeness (QED) is 0.642. The molecule has 0 aromatic rings. The van der Waals surface area contributed by atoms with Crippen LogP contribution in [0.3, 0.4) is 0 Å². The van der Waals surface area contributed by atoms with Gasteiger partial charge in [-0.3, -0.25) is 14.4 Å². The Bertz CT molecular complexity index is 276. The van der Waals surface area contributed by atoms with Gasteiger partial charge in [-0.25, -0.2) is 0 Å². The first-order chi connectivity index (χ1) is 7.32. The highest BCUT2D eigenvalue weighted by Crippen LogP contribution is 2.07. The maximum Gasteiger partial charge on any atom is 0.303 e. The van der Waals surface area contributed by atoms with Gasteiger partial charge in [0, 0.05) is 20.3 Å². The molecule has 0 aromatic carbocycles. The molecule has 92 valence electrons. The van der Waals surface area contributed by atoms with Crippen molar-refractivity contribution >= 4 is 17.8 Å². The average molecular weight is 231 g/mol. The zero-order chi connectivity index (χ0) is 12.7. The van der Waals surface area contributed by atoms with Gasteiger partial charge in [0.05, 0.1) is 6.04 Å². The van der Waals surface area contributed by atoms with E-state index in [1.54, 1.807) is 6.92 Å². The summed E-state index contributed by atoms with van der Waals surface area (Å²) in [5.41, 5.74) is 0. The molecule has 1 amide bonds. The van der Waals surface area contributed by atoms with Crippen molar-refractivity contribution < 1.29 is 24.2 Å². The molecule has 6 heteroatoms. The van der Waals surface area contributed by atoms with Crippen molar-refractivity contribution in [2.45, 2.75) is 45.8 Å². The second-order valence-electron chi connectivity index (χ2n) is 3.55. The lowest BCUT2D eigenvalue weighted by atomic mass is 10.1. The molecule has 0 aliphatic carbocycles. The maximum absolute atomic E-state index is 10.9. The van der Waals surface area contributed by atoms with Crippen LogP contribution < -0.4 is 5.32 Å². The van der Waals surface area contributed by atoms with Gasteiger partial charge in [-0.05, 0) is 13.3 Å². The van der Waals surface area contributed by atoms with Gasteiger partial charge in [0.2, 0.25) is 5.91 Å². The summed E-state index contributed by atoms with van der Waals surface area (Å²) < 4.78 is 4.90. The molecule has 0 saturated heterocycles. The van der Waals surface area contributed by atoms with Crippen LogP contribution in [-0.2, 0) is 19.1 Å². The molecule has 2 atom stereocenters. The van der Waals surface area contributed by atoms with Crippen LogP contribution in [0.15, 0.2) is 0 Å². The van der Waals surface area contributed by atoms with Crippen LogP contribution in [0.25, 0.3) is 0 Å². The fourth-order valence-corrected chi connectivity index (χ4v) is 1.31. The molecular weight excluding hydrogens is 214 g/mol. The minimum absolute atomic E-state index is 0.0868. The normalized spacial score (nSPS) is 13.7. The van der Waals surface area contributed by atoms with Crippen molar-refractivity contribution in [3.05, 3.63) is 0 Å². The Morgan fingerprint density at radius 3 is 2.25 bits per heavy atom. The molecule has 0 fully saturated rings. The third-order valence-electron chi connectivity index (χ3n) is 1.98. The van der Waals surface area contributed by atoms with Crippen molar-refractivity contribution in [2.24, 2.45) is 0 Å². The molecule has 0 rings (SSSR count). The van der Waals surface area contributed by atoms with E-state index >= 15 is 0 Å². The Balaban J connectivity index is 4.33. The number of hydrogen-bond donors (Lipinski definition) is 2. The largest absolute Gasteiger partial charge is 0.481 e. The summed E-state index contributed by atoms with van der Waals surface area (Å²) in [4.78, 5) is 32.0. The summed E-state index contributed by atoms with van der Waals surface area (Å²) in [5.74, 6) is -1.70. The summed E-state index contributed by atoms with van der Waals surface area (Å²) in [6.07, 6.45) is -0.402. The number of carboxylic acids is 1. The van der Waals surface area contributed by atoms with Crippen molar-refractivity contribution in [1.82, 2.24) is 5.32 Å². The van der Waals surface area contributed by atoms with E-state index in [1.165, 1.54) is 13.8 Å². The number of ether oxygens (including phenoxy) is 1. The molecule has 6 nitrogen and oxygen atoms in total. The van der Waals surface area contributed by atoms with Crippen LogP contribution in [0.2, 0.25) is 0 Å². The molecule has 0 aliphatic rings. The highest BCUT2D eigenvalue weighted by molar-refractivity contribution is 5.73. The number of carbonyl (C=O) groups excluding carboxylic acids is 2. The monoisotopic (exact) mass is 231 g/mol. The Morgan fingerprint density at radius 1 is 1.31 bits per heavy atom. The molecule has 0 aromatic heterocycles. The highest BCUT2D eigenvalue weighted by Gasteiger charge is 2.21. The molecule has 0 heterocycles. The lowest BCUT2D eigenvalue weighted by Crippen LogP contribution is -2.43. The maximum atomic E-state index is 10.9. The summed E-state index contributed by atoms with van der Waals surface area (Å²) in [7, 11) is 0. The van der Waals surface area contributed by atoms with E-state index in [1.807, 2.05) is 0 Å². The van der Waals surface area contributed by atoms with Crippen LogP contribution in [0, 0.1) is 0 Å². The van der Waals surface area contributed by atoms with E-state index in [0.717, 1.165) is 0 Å². The van der Waals surface area contributed by atoms with Crippen LogP contribution in [-0.4, -0.2) is 35.1 Å². The van der Waals surface area contributed by atoms with Gasteiger partial charge >= 0.3 is 11.9 Å². The van der Waals surface area contributed by atoms with Crippen molar-refractivity contribution in [3.63, 3.8) is 0 Å². The summed E-state index contributed by atoms with van der Waals surface area (Å²) in [6, 6.07) is -0.475. The Hall–Kier alpha value is -1.59. The second kappa shape index (κ2) is 6.81. The van der Waals surface area contributed by atoms with Gasteiger partial charge in [-0.1, -0.05) is 0 Å². The zero-order valence-corrected chi connectivity index (χ0v) is 9.65. The van der Waals surface area contributed by atoms with E-state index in [0.29, 0.717) is 0 Å². The molecule has 2 N–H and O–H groups in total. The number of nitrogens with one attached hydrogen (secondary N) is 1. The topological polar surface area (TPSA) is 92.7 Å². The lowest BCUT2D eigenvalue weighted by molar-refractivity contribution is -0.148.